The van der Waals surface area contributed by atoms with E-state index < -0.39 is 29.0 Å². The summed E-state index contributed by atoms with van der Waals surface area (Å²) in [6.45, 7) is 1.91. The average Bonchev–Trinajstić information content (AvgIpc) is 3.68. The first-order chi connectivity index (χ1) is 22.0. The number of hydrogen-bond acceptors (Lipinski definition) is 10. The van der Waals surface area contributed by atoms with E-state index in [1.165, 1.54) is 20.3 Å². The molecule has 2 aromatic carbocycles. The predicted octanol–water partition coefficient (Wildman–Crippen LogP) is 6.00. The van der Waals surface area contributed by atoms with Gasteiger partial charge in [-0.25, -0.2) is 0 Å². The number of furan rings is 1. The van der Waals surface area contributed by atoms with Crippen molar-refractivity contribution in [3.05, 3.63) is 82.0 Å². The fourth-order valence-electron chi connectivity index (χ4n) is 6.25. The number of nitrogens with one attached hydrogen (secondary N) is 1. The van der Waals surface area contributed by atoms with Crippen LogP contribution >= 0.6 is 23.4 Å². The van der Waals surface area contributed by atoms with Gasteiger partial charge in [-0.3, -0.25) is 19.3 Å². The molecule has 5 rings (SSSR count). The highest BCUT2D eigenvalue weighted by Crippen LogP contribution is 2.55. The Morgan fingerprint density at radius 2 is 1.87 bits per heavy atom. The molecule has 0 saturated heterocycles. The number of Topliss-reactive ketones (excluding diaryl/α,β-unsaturated/α-hetero) is 2. The number of ether oxygens (including phenoxy) is 3. The summed E-state index contributed by atoms with van der Waals surface area (Å²) in [4.78, 5) is 44.6. The lowest BCUT2D eigenvalue weighted by Crippen LogP contribution is -2.53. The lowest BCUT2D eigenvalue weighted by Gasteiger charge is -2.38. The number of amides is 1. The van der Waals surface area contributed by atoms with Crippen molar-refractivity contribution in [3.8, 4) is 17.2 Å². The summed E-state index contributed by atoms with van der Waals surface area (Å²) in [5.74, 6) is -2.45. The van der Waals surface area contributed by atoms with E-state index in [0.29, 0.717) is 11.3 Å². The first kappa shape index (κ1) is 33.4. The highest BCUT2D eigenvalue weighted by molar-refractivity contribution is 7.98. The van der Waals surface area contributed by atoms with Crippen LogP contribution in [-0.2, 0) is 9.59 Å². The van der Waals surface area contributed by atoms with E-state index in [2.05, 4.69) is 5.32 Å². The molecule has 244 valence electrons. The molecule has 2 N–H and O–H groups in total. The molecule has 12 heteroatoms. The Morgan fingerprint density at radius 3 is 2.46 bits per heavy atom. The van der Waals surface area contributed by atoms with Crippen molar-refractivity contribution in [1.29, 1.82) is 0 Å². The summed E-state index contributed by atoms with van der Waals surface area (Å²) in [6.07, 6.45) is 3.23. The fourth-order valence-corrected chi connectivity index (χ4v) is 6.92. The number of carbonyl (C=O) groups excluding carboxylic acids is 3. The van der Waals surface area contributed by atoms with Crippen LogP contribution in [0, 0.1) is 5.92 Å². The first-order valence-corrected chi connectivity index (χ1v) is 16.3. The molecule has 2 heterocycles. The summed E-state index contributed by atoms with van der Waals surface area (Å²) < 4.78 is 22.7. The number of aliphatic hydroxyl groups is 1. The zero-order valence-corrected chi connectivity index (χ0v) is 28.1. The summed E-state index contributed by atoms with van der Waals surface area (Å²) in [5, 5.41) is 15.1. The van der Waals surface area contributed by atoms with Gasteiger partial charge < -0.3 is 29.1 Å². The van der Waals surface area contributed by atoms with E-state index in [9.17, 15) is 19.5 Å². The van der Waals surface area contributed by atoms with Crippen molar-refractivity contribution in [3.63, 3.8) is 0 Å². The molecule has 4 atom stereocenters. The monoisotopic (exact) mass is 668 g/mol. The van der Waals surface area contributed by atoms with Crippen LogP contribution in [0.1, 0.15) is 53.4 Å². The average molecular weight is 669 g/mol. The molecule has 0 radical (unpaired) electrons. The molecule has 0 saturated carbocycles. The number of benzene rings is 2. The Kier molecular flexibility index (Phi) is 9.76. The van der Waals surface area contributed by atoms with Crippen LogP contribution < -0.4 is 19.5 Å². The maximum Gasteiger partial charge on any atom is 0.231 e. The molecular weight excluding hydrogens is 632 g/mol. The van der Waals surface area contributed by atoms with Crippen LogP contribution in [0.4, 0.5) is 0 Å². The van der Waals surface area contributed by atoms with Crippen molar-refractivity contribution in [2.24, 2.45) is 5.92 Å². The standard InChI is InChI=1S/C34H37ClN2O8S/c1-18-14-23(38)28(32(40)34(18)33(41)29-25(42-4)16-26(43-5)30(35)31(29)45-34)21(19-9-11-20(46-6)12-10-19)15-27(39)36-17-22(37(2)3)24-8-7-13-44-24/h7-13,16,18,21-22,40H,14-15,17H2,1-6H3,(H,36,39)/t18-,21?,22?,34+/m1/s1. The number of fused-ring (bicyclic) bond motifs is 1. The molecular formula is C34H37ClN2O8S. The van der Waals surface area contributed by atoms with Crippen molar-refractivity contribution in [2.75, 3.05) is 41.1 Å². The molecule has 2 aliphatic rings. The van der Waals surface area contributed by atoms with Gasteiger partial charge in [0.15, 0.2) is 17.3 Å². The number of rotatable bonds is 11. The van der Waals surface area contributed by atoms with E-state index in [-0.39, 0.29) is 70.5 Å². The second-order valence-electron chi connectivity index (χ2n) is 11.6. The Morgan fingerprint density at radius 1 is 1.17 bits per heavy atom. The number of nitrogens with zero attached hydrogens (tertiary/aromatic N) is 1. The number of carbonyl (C=O) groups is 3. The summed E-state index contributed by atoms with van der Waals surface area (Å²) in [6, 6.07) is 12.3. The number of thioether (sulfide) groups is 1. The minimum atomic E-state index is -1.96. The molecule has 0 fully saturated rings. The molecule has 10 nitrogen and oxygen atoms in total. The van der Waals surface area contributed by atoms with Crippen LogP contribution in [-0.4, -0.2) is 74.2 Å². The molecule has 1 spiro atoms. The molecule has 1 aliphatic carbocycles. The van der Waals surface area contributed by atoms with Crippen molar-refractivity contribution < 1.29 is 38.1 Å². The van der Waals surface area contributed by atoms with E-state index in [1.807, 2.05) is 55.6 Å². The van der Waals surface area contributed by atoms with Gasteiger partial charge in [-0.2, -0.15) is 0 Å². The molecule has 2 unspecified atom stereocenters. The van der Waals surface area contributed by atoms with Gasteiger partial charge in [0, 0.05) is 47.8 Å². The van der Waals surface area contributed by atoms with Gasteiger partial charge in [0.25, 0.3) is 0 Å². The Bertz CT molecular complexity index is 1670. The summed E-state index contributed by atoms with van der Waals surface area (Å²) in [7, 11) is 6.58. The zero-order chi connectivity index (χ0) is 33.3. The van der Waals surface area contributed by atoms with E-state index in [4.69, 9.17) is 30.2 Å². The van der Waals surface area contributed by atoms with Crippen LogP contribution in [0.5, 0.6) is 17.2 Å². The second-order valence-corrected chi connectivity index (χ2v) is 12.8. The fraction of sp³-hybridized carbons (Fsp3) is 0.382. The van der Waals surface area contributed by atoms with Gasteiger partial charge in [-0.15, -0.1) is 11.8 Å². The Hall–Kier alpha value is -3.93. The van der Waals surface area contributed by atoms with Crippen LogP contribution in [0.3, 0.4) is 0 Å². The third kappa shape index (κ3) is 5.76. The Labute approximate surface area is 277 Å². The van der Waals surface area contributed by atoms with Gasteiger partial charge in [0.2, 0.25) is 17.3 Å². The van der Waals surface area contributed by atoms with Crippen molar-refractivity contribution in [2.45, 2.75) is 42.2 Å². The summed E-state index contributed by atoms with van der Waals surface area (Å²) >= 11 is 8.15. The van der Waals surface area contributed by atoms with Crippen LogP contribution in [0.25, 0.3) is 0 Å². The van der Waals surface area contributed by atoms with Crippen molar-refractivity contribution in [1.82, 2.24) is 10.2 Å². The van der Waals surface area contributed by atoms with Gasteiger partial charge >= 0.3 is 0 Å². The largest absolute Gasteiger partial charge is 0.507 e. The lowest BCUT2D eigenvalue weighted by atomic mass is 9.69. The molecule has 1 aromatic heterocycles. The number of allylic oxidation sites excluding steroid dienone is 1. The topological polar surface area (TPSA) is 128 Å². The highest BCUT2D eigenvalue weighted by atomic mass is 35.5. The summed E-state index contributed by atoms with van der Waals surface area (Å²) in [5.41, 5.74) is -1.34. The van der Waals surface area contributed by atoms with Gasteiger partial charge in [0.1, 0.15) is 27.8 Å². The minimum absolute atomic E-state index is 0.00114. The highest BCUT2D eigenvalue weighted by Gasteiger charge is 2.61. The number of halogens is 1. The van der Waals surface area contributed by atoms with Crippen LogP contribution in [0.2, 0.25) is 5.02 Å². The molecule has 46 heavy (non-hydrogen) atoms. The van der Waals surface area contributed by atoms with Gasteiger partial charge in [0.05, 0.1) is 26.5 Å². The third-order valence-electron chi connectivity index (χ3n) is 8.76. The Balaban J connectivity index is 1.57. The minimum Gasteiger partial charge on any atom is -0.507 e. The number of methoxy groups -OCH3 is 2. The quantitative estimate of drug-likeness (QED) is 0.235. The number of hydrogen-bond donors (Lipinski definition) is 2. The third-order valence-corrected chi connectivity index (χ3v) is 9.86. The normalized spacial score (nSPS) is 20.5. The maximum atomic E-state index is 14.3. The molecule has 1 amide bonds. The molecule has 1 aliphatic heterocycles. The van der Waals surface area contributed by atoms with E-state index >= 15 is 0 Å². The van der Waals surface area contributed by atoms with E-state index in [1.54, 1.807) is 31.0 Å². The second kappa shape index (κ2) is 13.4. The maximum absolute atomic E-state index is 14.3. The predicted molar refractivity (Wildman–Crippen MR) is 174 cm³/mol. The number of aliphatic hydroxyl groups excluding tert-OH is 1. The number of likely N-dealkylation sites (N-methyl/N-ethyl adjacent to an activating group) is 1. The SMILES string of the molecule is COc1cc(OC)c2c(c1Cl)O[C@]1(C2=O)C(O)=C(C(CC(=O)NCC(c2ccco2)N(C)C)c2ccc(SC)cc2)C(=O)C[C@H]1C. The molecule has 0 bridgehead atoms. The first-order valence-electron chi connectivity index (χ1n) is 14.7. The smallest absolute Gasteiger partial charge is 0.231 e. The van der Waals surface area contributed by atoms with E-state index in [0.717, 1.165) is 4.90 Å². The van der Waals surface area contributed by atoms with Gasteiger partial charge in [-0.1, -0.05) is 30.7 Å². The van der Waals surface area contributed by atoms with Crippen molar-refractivity contribution >= 4 is 40.8 Å². The lowest BCUT2D eigenvalue weighted by molar-refractivity contribution is -0.122. The molecule has 3 aromatic rings. The zero-order valence-electron chi connectivity index (χ0n) is 26.5. The number of ketones is 2. The van der Waals surface area contributed by atoms with Gasteiger partial charge in [-0.05, 0) is 50.2 Å². The van der Waals surface area contributed by atoms with Crippen LogP contribution in [0.15, 0.2) is 69.4 Å².